The molecule has 0 amide bonds. The van der Waals surface area contributed by atoms with Crippen LogP contribution in [0.3, 0.4) is 0 Å². The van der Waals surface area contributed by atoms with Crippen LogP contribution in [0.15, 0.2) is 84.9 Å². The number of phenolic OH excluding ortho intramolecular Hbond substituents is 1. The minimum absolute atomic E-state index is 0.220. The summed E-state index contributed by atoms with van der Waals surface area (Å²) in [6, 6.07) is 27.3. The average Bonchev–Trinajstić information content (AvgIpc) is 2.99. The van der Waals surface area contributed by atoms with E-state index in [9.17, 15) is 5.11 Å². The largest absolute Gasteiger partial charge is 0.508 e. The molecule has 1 aliphatic rings. The summed E-state index contributed by atoms with van der Waals surface area (Å²) in [7, 11) is 0. The Balaban J connectivity index is 1.97. The molecule has 0 spiro atoms. The molecule has 3 nitrogen and oxygen atoms in total. The Hall–Kier alpha value is -3.43. The predicted octanol–water partition coefficient (Wildman–Crippen LogP) is 5.57. The van der Waals surface area contributed by atoms with Crippen molar-refractivity contribution >= 4 is 23.0 Å². The van der Waals surface area contributed by atoms with Crippen molar-refractivity contribution in [2.45, 2.75) is 5.41 Å². The molecule has 0 fully saturated rings. The van der Waals surface area contributed by atoms with E-state index < -0.39 is 5.41 Å². The van der Waals surface area contributed by atoms with Crippen molar-refractivity contribution in [1.29, 1.82) is 0 Å². The van der Waals surface area contributed by atoms with Crippen LogP contribution in [0.5, 0.6) is 5.75 Å². The van der Waals surface area contributed by atoms with Gasteiger partial charge in [-0.15, -0.1) is 0 Å². The number of fused-ring (bicyclic) bond motifs is 3. The van der Waals surface area contributed by atoms with E-state index in [-0.39, 0.29) is 5.75 Å². The molecule has 0 aliphatic heterocycles. The highest BCUT2D eigenvalue weighted by Crippen LogP contribution is 2.57. The minimum Gasteiger partial charge on any atom is -0.508 e. The van der Waals surface area contributed by atoms with Gasteiger partial charge in [0.25, 0.3) is 0 Å². The lowest BCUT2D eigenvalue weighted by Gasteiger charge is -2.34. The van der Waals surface area contributed by atoms with Crippen molar-refractivity contribution in [2.75, 3.05) is 11.5 Å². The standard InChI is InChI=1S/C25H19ClN2O/c26-17-5-11-21-22-12-10-20(29)14-24(22)25(23(21)13-17,15-1-6-18(27)7-2-15)16-3-8-19(28)9-4-16/h1-14,29H,27-28H2. The van der Waals surface area contributed by atoms with Crippen LogP contribution in [-0.4, -0.2) is 5.11 Å². The van der Waals surface area contributed by atoms with Crippen LogP contribution in [0.1, 0.15) is 22.3 Å². The van der Waals surface area contributed by atoms with Crippen LogP contribution in [-0.2, 0) is 5.41 Å². The summed E-state index contributed by atoms with van der Waals surface area (Å²) in [4.78, 5) is 0. The molecule has 142 valence electrons. The zero-order valence-corrected chi connectivity index (χ0v) is 16.3. The molecule has 4 heteroatoms. The van der Waals surface area contributed by atoms with Crippen LogP contribution in [0, 0.1) is 0 Å². The second-order valence-electron chi connectivity index (χ2n) is 7.41. The van der Waals surface area contributed by atoms with E-state index in [1.54, 1.807) is 6.07 Å². The number of phenols is 1. The Morgan fingerprint density at radius 2 is 1.10 bits per heavy atom. The summed E-state index contributed by atoms with van der Waals surface area (Å²) in [5, 5.41) is 11.0. The van der Waals surface area contributed by atoms with Gasteiger partial charge in [0.1, 0.15) is 5.75 Å². The first-order valence-electron chi connectivity index (χ1n) is 9.36. The van der Waals surface area contributed by atoms with Crippen molar-refractivity contribution in [1.82, 2.24) is 0 Å². The van der Waals surface area contributed by atoms with Crippen molar-refractivity contribution < 1.29 is 5.11 Å². The number of hydrogen-bond acceptors (Lipinski definition) is 3. The molecule has 5 N–H and O–H groups in total. The fourth-order valence-corrected chi connectivity index (χ4v) is 4.71. The lowest BCUT2D eigenvalue weighted by molar-refractivity contribution is 0.474. The first kappa shape index (κ1) is 17.7. The summed E-state index contributed by atoms with van der Waals surface area (Å²) in [5.74, 6) is 0.220. The molecule has 1 aliphatic carbocycles. The minimum atomic E-state index is -0.643. The second kappa shape index (κ2) is 6.29. The van der Waals surface area contributed by atoms with E-state index >= 15 is 0 Å². The van der Waals surface area contributed by atoms with Gasteiger partial charge in [-0.1, -0.05) is 48.0 Å². The van der Waals surface area contributed by atoms with Crippen molar-refractivity contribution in [3.8, 4) is 16.9 Å². The predicted molar refractivity (Wildman–Crippen MR) is 119 cm³/mol. The molecule has 0 heterocycles. The molecule has 4 aromatic rings. The summed E-state index contributed by atoms with van der Waals surface area (Å²) in [6.07, 6.45) is 0. The van der Waals surface area contributed by atoms with E-state index in [1.807, 2.05) is 78.9 Å². The first-order valence-corrected chi connectivity index (χ1v) is 9.74. The average molecular weight is 399 g/mol. The quantitative estimate of drug-likeness (QED) is 0.340. The third kappa shape index (κ3) is 2.51. The van der Waals surface area contributed by atoms with Gasteiger partial charge in [-0.25, -0.2) is 0 Å². The van der Waals surface area contributed by atoms with Crippen LogP contribution in [0.2, 0.25) is 5.02 Å². The summed E-state index contributed by atoms with van der Waals surface area (Å²) in [6.45, 7) is 0. The first-order chi connectivity index (χ1) is 14.0. The van der Waals surface area contributed by atoms with E-state index in [1.165, 1.54) is 0 Å². The lowest BCUT2D eigenvalue weighted by Crippen LogP contribution is -2.28. The number of nitrogen functional groups attached to an aromatic ring is 2. The Bertz CT molecular complexity index is 1130. The zero-order chi connectivity index (χ0) is 20.2. The zero-order valence-electron chi connectivity index (χ0n) is 15.6. The third-order valence-corrected chi connectivity index (χ3v) is 6.01. The van der Waals surface area contributed by atoms with E-state index in [2.05, 4.69) is 0 Å². The van der Waals surface area contributed by atoms with E-state index in [0.29, 0.717) is 16.4 Å². The van der Waals surface area contributed by atoms with Crippen LogP contribution >= 0.6 is 11.6 Å². The summed E-state index contributed by atoms with van der Waals surface area (Å²) in [5.41, 5.74) is 19.1. The molecule has 0 saturated heterocycles. The molecule has 5 rings (SSSR count). The smallest absolute Gasteiger partial charge is 0.115 e. The highest BCUT2D eigenvalue weighted by molar-refractivity contribution is 6.30. The Morgan fingerprint density at radius 3 is 1.66 bits per heavy atom. The Labute approximate surface area is 174 Å². The van der Waals surface area contributed by atoms with Gasteiger partial charge in [-0.2, -0.15) is 0 Å². The third-order valence-electron chi connectivity index (χ3n) is 5.77. The Morgan fingerprint density at radius 1 is 0.621 bits per heavy atom. The number of nitrogens with two attached hydrogens (primary N) is 2. The number of hydrogen-bond donors (Lipinski definition) is 3. The molecule has 0 bridgehead atoms. The molecule has 29 heavy (non-hydrogen) atoms. The maximum Gasteiger partial charge on any atom is 0.115 e. The van der Waals surface area contributed by atoms with Crippen LogP contribution in [0.25, 0.3) is 11.1 Å². The van der Waals surface area contributed by atoms with E-state index in [4.69, 9.17) is 23.1 Å². The fourth-order valence-electron chi connectivity index (χ4n) is 4.54. The van der Waals surface area contributed by atoms with Gasteiger partial charge in [0, 0.05) is 16.4 Å². The highest BCUT2D eigenvalue weighted by atomic mass is 35.5. The summed E-state index contributed by atoms with van der Waals surface area (Å²) < 4.78 is 0. The topological polar surface area (TPSA) is 72.3 Å². The maximum absolute atomic E-state index is 10.4. The molecule has 0 atom stereocenters. The normalized spacial score (nSPS) is 13.7. The van der Waals surface area contributed by atoms with Crippen molar-refractivity contribution in [2.24, 2.45) is 0 Å². The SMILES string of the molecule is Nc1ccc(C2(c3ccc(N)cc3)c3cc(O)ccc3-c3ccc(Cl)cc32)cc1. The molecule has 0 saturated carbocycles. The van der Waals surface area contributed by atoms with Crippen LogP contribution in [0.4, 0.5) is 11.4 Å². The van der Waals surface area contributed by atoms with E-state index in [0.717, 1.165) is 33.4 Å². The van der Waals surface area contributed by atoms with Crippen LogP contribution < -0.4 is 11.5 Å². The van der Waals surface area contributed by atoms with Gasteiger partial charge in [-0.05, 0) is 81.9 Å². The lowest BCUT2D eigenvalue weighted by atomic mass is 9.67. The number of anilines is 2. The van der Waals surface area contributed by atoms with Crippen molar-refractivity contribution in [3.05, 3.63) is 112 Å². The molecule has 0 unspecified atom stereocenters. The van der Waals surface area contributed by atoms with Crippen molar-refractivity contribution in [3.63, 3.8) is 0 Å². The van der Waals surface area contributed by atoms with Gasteiger partial charge in [0.05, 0.1) is 5.41 Å². The molecular weight excluding hydrogens is 380 g/mol. The van der Waals surface area contributed by atoms with Gasteiger partial charge in [0.15, 0.2) is 0 Å². The highest BCUT2D eigenvalue weighted by Gasteiger charge is 2.46. The fraction of sp³-hybridized carbons (Fsp3) is 0.0400. The maximum atomic E-state index is 10.4. The number of benzene rings is 4. The number of halogens is 1. The van der Waals surface area contributed by atoms with Gasteiger partial charge >= 0.3 is 0 Å². The second-order valence-corrected chi connectivity index (χ2v) is 7.85. The monoisotopic (exact) mass is 398 g/mol. The summed E-state index contributed by atoms with van der Waals surface area (Å²) >= 11 is 6.46. The Kier molecular flexibility index (Phi) is 3.83. The number of aromatic hydroxyl groups is 1. The van der Waals surface area contributed by atoms with Gasteiger partial charge in [-0.3, -0.25) is 0 Å². The van der Waals surface area contributed by atoms with Gasteiger partial charge < -0.3 is 16.6 Å². The number of rotatable bonds is 2. The van der Waals surface area contributed by atoms with Gasteiger partial charge in [0.2, 0.25) is 0 Å². The molecule has 0 radical (unpaired) electrons. The molecule has 4 aromatic carbocycles. The molecular formula is C25H19ClN2O. The molecule has 0 aromatic heterocycles.